The average molecular weight is 570 g/mol. The van der Waals surface area contributed by atoms with Crippen molar-refractivity contribution in [1.82, 2.24) is 10.2 Å². The van der Waals surface area contributed by atoms with Crippen LogP contribution in [0.3, 0.4) is 0 Å². The summed E-state index contributed by atoms with van der Waals surface area (Å²) in [6.45, 7) is 10.5. The second kappa shape index (κ2) is 12.2. The molecule has 208 valence electrons. The summed E-state index contributed by atoms with van der Waals surface area (Å²) in [7, 11) is -4.11. The number of anilines is 1. The molecule has 1 unspecified atom stereocenters. The lowest BCUT2D eigenvalue weighted by Crippen LogP contribution is -2.54. The standard InChI is InChI=1S/C30H36ClN3O4S/c1-21-11-10-14-27(22(21)2)34(39(37,38)26-12-8-7-9-13-26)20-28(35)33(19-24-15-17-25(31)18-16-24)23(3)29(36)32-30(4,5)6/h7-18,23H,19-20H2,1-6H3,(H,32,36). The van der Waals surface area contributed by atoms with Gasteiger partial charge in [0.1, 0.15) is 12.6 Å². The van der Waals surface area contributed by atoms with E-state index in [9.17, 15) is 18.0 Å². The van der Waals surface area contributed by atoms with Crippen LogP contribution >= 0.6 is 11.6 Å². The maximum atomic E-state index is 14.0. The number of halogens is 1. The minimum atomic E-state index is -4.11. The third-order valence-electron chi connectivity index (χ3n) is 6.39. The molecule has 1 N–H and O–H groups in total. The Morgan fingerprint density at radius 3 is 2.13 bits per heavy atom. The minimum Gasteiger partial charge on any atom is -0.350 e. The molecule has 9 heteroatoms. The predicted molar refractivity (Wildman–Crippen MR) is 156 cm³/mol. The highest BCUT2D eigenvalue weighted by atomic mass is 35.5. The van der Waals surface area contributed by atoms with Gasteiger partial charge in [-0.2, -0.15) is 0 Å². The van der Waals surface area contributed by atoms with Crippen LogP contribution in [0.1, 0.15) is 44.4 Å². The van der Waals surface area contributed by atoms with Crippen LogP contribution in [0.5, 0.6) is 0 Å². The van der Waals surface area contributed by atoms with Crippen molar-refractivity contribution < 1.29 is 18.0 Å². The number of sulfonamides is 1. The number of nitrogens with zero attached hydrogens (tertiary/aromatic N) is 2. The molecule has 0 bridgehead atoms. The van der Waals surface area contributed by atoms with Crippen LogP contribution < -0.4 is 9.62 Å². The van der Waals surface area contributed by atoms with Gasteiger partial charge in [0.05, 0.1) is 10.6 Å². The molecule has 0 spiro atoms. The van der Waals surface area contributed by atoms with E-state index in [2.05, 4.69) is 5.32 Å². The summed E-state index contributed by atoms with van der Waals surface area (Å²) in [6.07, 6.45) is 0. The molecular formula is C30H36ClN3O4S. The van der Waals surface area contributed by atoms with E-state index in [1.165, 1.54) is 17.0 Å². The van der Waals surface area contributed by atoms with Crippen molar-refractivity contribution >= 4 is 39.1 Å². The quantitative estimate of drug-likeness (QED) is 0.369. The number of benzene rings is 3. The van der Waals surface area contributed by atoms with Gasteiger partial charge in [0, 0.05) is 17.1 Å². The predicted octanol–water partition coefficient (Wildman–Crippen LogP) is 5.48. The normalized spacial score (nSPS) is 12.5. The first-order chi connectivity index (χ1) is 18.2. The molecule has 2 amide bonds. The van der Waals surface area contributed by atoms with Gasteiger partial charge >= 0.3 is 0 Å². The fraction of sp³-hybridized carbons (Fsp3) is 0.333. The zero-order valence-electron chi connectivity index (χ0n) is 23.2. The Morgan fingerprint density at radius 1 is 0.923 bits per heavy atom. The minimum absolute atomic E-state index is 0.0708. The largest absolute Gasteiger partial charge is 0.350 e. The van der Waals surface area contributed by atoms with Gasteiger partial charge in [-0.25, -0.2) is 8.42 Å². The third kappa shape index (κ3) is 7.61. The number of nitrogens with one attached hydrogen (secondary N) is 1. The fourth-order valence-corrected chi connectivity index (χ4v) is 5.70. The summed E-state index contributed by atoms with van der Waals surface area (Å²) < 4.78 is 28.9. The summed E-state index contributed by atoms with van der Waals surface area (Å²) in [6, 6.07) is 19.5. The molecule has 0 aliphatic carbocycles. The van der Waals surface area contributed by atoms with E-state index in [-0.39, 0.29) is 17.3 Å². The number of rotatable bonds is 9. The van der Waals surface area contributed by atoms with Crippen molar-refractivity contribution in [3.8, 4) is 0 Å². The van der Waals surface area contributed by atoms with Crippen LogP contribution in [0.4, 0.5) is 5.69 Å². The molecule has 0 heterocycles. The molecule has 3 aromatic carbocycles. The monoisotopic (exact) mass is 569 g/mol. The first-order valence-corrected chi connectivity index (χ1v) is 14.5. The number of carbonyl (C=O) groups excluding carboxylic acids is 2. The summed E-state index contributed by atoms with van der Waals surface area (Å²) in [4.78, 5) is 28.6. The first-order valence-electron chi connectivity index (χ1n) is 12.7. The zero-order valence-corrected chi connectivity index (χ0v) is 24.8. The second-order valence-electron chi connectivity index (χ2n) is 10.6. The number of aryl methyl sites for hydroxylation is 1. The van der Waals surface area contributed by atoms with Gasteiger partial charge in [-0.15, -0.1) is 0 Å². The highest BCUT2D eigenvalue weighted by Crippen LogP contribution is 2.29. The van der Waals surface area contributed by atoms with Crippen LogP contribution in [0.25, 0.3) is 0 Å². The summed E-state index contributed by atoms with van der Waals surface area (Å²) in [5.41, 5.74) is 2.29. The highest BCUT2D eigenvalue weighted by molar-refractivity contribution is 7.92. The topological polar surface area (TPSA) is 86.8 Å². The Balaban J connectivity index is 2.06. The van der Waals surface area contributed by atoms with Gasteiger partial charge < -0.3 is 10.2 Å². The van der Waals surface area contributed by atoms with Gasteiger partial charge in [-0.05, 0) is 88.6 Å². The Bertz CT molecular complexity index is 1420. The van der Waals surface area contributed by atoms with Crippen LogP contribution in [0.15, 0.2) is 77.7 Å². The van der Waals surface area contributed by atoms with Gasteiger partial charge in [0.15, 0.2) is 0 Å². The van der Waals surface area contributed by atoms with E-state index in [0.29, 0.717) is 10.7 Å². The SMILES string of the molecule is Cc1cccc(N(CC(=O)N(Cc2ccc(Cl)cc2)C(C)C(=O)NC(C)(C)C)S(=O)(=O)c2ccccc2)c1C. The van der Waals surface area contributed by atoms with Crippen molar-refractivity contribution in [2.75, 3.05) is 10.8 Å². The number of carbonyl (C=O) groups is 2. The van der Waals surface area contributed by atoms with E-state index >= 15 is 0 Å². The van der Waals surface area contributed by atoms with Crippen molar-refractivity contribution in [1.29, 1.82) is 0 Å². The maximum absolute atomic E-state index is 14.0. The molecule has 7 nitrogen and oxygen atoms in total. The molecule has 0 aliphatic rings. The average Bonchev–Trinajstić information content (AvgIpc) is 2.87. The summed E-state index contributed by atoms with van der Waals surface area (Å²) in [5, 5.41) is 3.47. The lowest BCUT2D eigenvalue weighted by atomic mass is 10.1. The van der Waals surface area contributed by atoms with Crippen LogP contribution in [0, 0.1) is 13.8 Å². The Labute approximate surface area is 236 Å². The third-order valence-corrected chi connectivity index (χ3v) is 8.41. The maximum Gasteiger partial charge on any atom is 0.264 e. The molecular weight excluding hydrogens is 534 g/mol. The van der Waals surface area contributed by atoms with Crippen molar-refractivity contribution in [2.24, 2.45) is 0 Å². The van der Waals surface area contributed by atoms with Crippen molar-refractivity contribution in [3.63, 3.8) is 0 Å². The molecule has 0 aliphatic heterocycles. The number of amides is 2. The summed E-state index contributed by atoms with van der Waals surface area (Å²) >= 11 is 6.05. The van der Waals surface area contributed by atoms with Gasteiger partial charge in [-0.3, -0.25) is 13.9 Å². The van der Waals surface area contributed by atoms with E-state index in [1.807, 2.05) is 40.7 Å². The highest BCUT2D eigenvalue weighted by Gasteiger charge is 2.34. The molecule has 0 saturated heterocycles. The molecule has 3 aromatic rings. The zero-order chi connectivity index (χ0) is 29.0. The molecule has 0 aromatic heterocycles. The van der Waals surface area contributed by atoms with Gasteiger partial charge in [0.2, 0.25) is 11.8 Å². The van der Waals surface area contributed by atoms with Gasteiger partial charge in [0.25, 0.3) is 10.0 Å². The molecule has 1 atom stereocenters. The van der Waals surface area contributed by atoms with E-state index < -0.39 is 34.1 Å². The Hall–Kier alpha value is -3.36. The van der Waals surface area contributed by atoms with Crippen LogP contribution in [-0.2, 0) is 26.2 Å². The number of hydrogen-bond acceptors (Lipinski definition) is 4. The fourth-order valence-electron chi connectivity index (χ4n) is 4.08. The Morgan fingerprint density at radius 2 is 1.54 bits per heavy atom. The second-order valence-corrected chi connectivity index (χ2v) is 12.9. The van der Waals surface area contributed by atoms with E-state index in [0.717, 1.165) is 21.0 Å². The lowest BCUT2D eigenvalue weighted by Gasteiger charge is -2.34. The van der Waals surface area contributed by atoms with E-state index in [1.54, 1.807) is 61.5 Å². The molecule has 39 heavy (non-hydrogen) atoms. The van der Waals surface area contributed by atoms with Crippen molar-refractivity contribution in [2.45, 2.75) is 64.6 Å². The molecule has 0 fully saturated rings. The lowest BCUT2D eigenvalue weighted by molar-refractivity contribution is -0.140. The van der Waals surface area contributed by atoms with Crippen LogP contribution in [0.2, 0.25) is 5.02 Å². The van der Waals surface area contributed by atoms with Gasteiger partial charge in [-0.1, -0.05) is 54.1 Å². The number of hydrogen-bond donors (Lipinski definition) is 1. The summed E-state index contributed by atoms with van der Waals surface area (Å²) in [5.74, 6) is -0.851. The smallest absolute Gasteiger partial charge is 0.264 e. The van der Waals surface area contributed by atoms with E-state index in [4.69, 9.17) is 11.6 Å². The Kier molecular flexibility index (Phi) is 9.46. The van der Waals surface area contributed by atoms with Crippen molar-refractivity contribution in [3.05, 3.63) is 94.5 Å². The first kappa shape index (κ1) is 30.2. The van der Waals surface area contributed by atoms with Crippen LogP contribution in [-0.4, -0.2) is 43.3 Å². The molecule has 0 saturated carbocycles. The molecule has 0 radical (unpaired) electrons. The molecule has 3 rings (SSSR count).